The summed E-state index contributed by atoms with van der Waals surface area (Å²) in [5, 5.41) is 6.94. The first-order chi connectivity index (χ1) is 13.6. The van der Waals surface area contributed by atoms with Gasteiger partial charge in [-0.05, 0) is 49.8 Å². The maximum Gasteiger partial charge on any atom is 0.220 e. The van der Waals surface area contributed by atoms with Gasteiger partial charge in [0.25, 0.3) is 0 Å². The minimum atomic E-state index is 0.101. The lowest BCUT2D eigenvalue weighted by molar-refractivity contribution is -0.121. The molecule has 1 fully saturated rings. The standard InChI is InChI=1S/C21H28ClN5O/c1-2-23-19-12-20(26-15-25-19)27-11-3-4-17(14-27)7-10-21(28)24-13-16-5-8-18(22)9-6-16/h5-6,8-9,12,15,17H,2-4,7,10-11,13-14H2,1H3,(H,24,28)(H,23,25,26). The van der Waals surface area contributed by atoms with Crippen LogP contribution >= 0.6 is 11.6 Å². The van der Waals surface area contributed by atoms with Crippen LogP contribution in [0.5, 0.6) is 0 Å². The smallest absolute Gasteiger partial charge is 0.220 e. The fourth-order valence-electron chi connectivity index (χ4n) is 3.53. The van der Waals surface area contributed by atoms with Crippen molar-refractivity contribution < 1.29 is 4.79 Å². The number of halogens is 1. The molecule has 1 aliphatic heterocycles. The van der Waals surface area contributed by atoms with Crippen molar-refractivity contribution in [1.82, 2.24) is 15.3 Å². The van der Waals surface area contributed by atoms with Gasteiger partial charge >= 0.3 is 0 Å². The lowest BCUT2D eigenvalue weighted by atomic mass is 9.93. The predicted octanol–water partition coefficient (Wildman–Crippen LogP) is 3.87. The van der Waals surface area contributed by atoms with E-state index in [1.165, 1.54) is 0 Å². The lowest BCUT2D eigenvalue weighted by Gasteiger charge is -2.33. The number of carbonyl (C=O) groups excluding carboxylic acids is 1. The van der Waals surface area contributed by atoms with E-state index < -0.39 is 0 Å². The van der Waals surface area contributed by atoms with E-state index >= 15 is 0 Å². The zero-order chi connectivity index (χ0) is 19.8. The van der Waals surface area contributed by atoms with Gasteiger partial charge in [0.1, 0.15) is 18.0 Å². The Labute approximate surface area is 171 Å². The van der Waals surface area contributed by atoms with Crippen LogP contribution in [-0.4, -0.2) is 35.5 Å². The highest BCUT2D eigenvalue weighted by atomic mass is 35.5. The summed E-state index contributed by atoms with van der Waals surface area (Å²) in [5.74, 6) is 2.43. The molecule has 150 valence electrons. The van der Waals surface area contributed by atoms with Crippen LogP contribution in [0.4, 0.5) is 11.6 Å². The number of hydrogen-bond acceptors (Lipinski definition) is 5. The van der Waals surface area contributed by atoms with Crippen LogP contribution in [0.25, 0.3) is 0 Å². The third-order valence-corrected chi connectivity index (χ3v) is 5.29. The molecule has 1 aliphatic rings. The van der Waals surface area contributed by atoms with Crippen molar-refractivity contribution in [3.05, 3.63) is 47.2 Å². The van der Waals surface area contributed by atoms with Crippen molar-refractivity contribution in [3.63, 3.8) is 0 Å². The number of anilines is 2. The third-order valence-electron chi connectivity index (χ3n) is 5.04. The number of benzene rings is 1. The maximum absolute atomic E-state index is 12.2. The normalized spacial score (nSPS) is 16.6. The second kappa shape index (κ2) is 10.3. The van der Waals surface area contributed by atoms with E-state index in [2.05, 4.69) is 32.4 Å². The summed E-state index contributed by atoms with van der Waals surface area (Å²) in [6.07, 6.45) is 5.34. The minimum Gasteiger partial charge on any atom is -0.370 e. The van der Waals surface area contributed by atoms with Gasteiger partial charge in [-0.3, -0.25) is 4.79 Å². The quantitative estimate of drug-likeness (QED) is 0.702. The maximum atomic E-state index is 12.2. The van der Waals surface area contributed by atoms with Crippen LogP contribution in [0.1, 0.15) is 38.2 Å². The molecule has 28 heavy (non-hydrogen) atoms. The van der Waals surface area contributed by atoms with E-state index in [-0.39, 0.29) is 5.91 Å². The first kappa shape index (κ1) is 20.4. The number of hydrogen-bond donors (Lipinski definition) is 2. The molecule has 2 heterocycles. The zero-order valence-electron chi connectivity index (χ0n) is 16.3. The Kier molecular flexibility index (Phi) is 7.48. The van der Waals surface area contributed by atoms with Crippen molar-refractivity contribution in [2.75, 3.05) is 29.9 Å². The van der Waals surface area contributed by atoms with E-state index in [1.807, 2.05) is 30.3 Å². The fraction of sp³-hybridized carbons (Fsp3) is 0.476. The number of piperidine rings is 1. The van der Waals surface area contributed by atoms with Gasteiger partial charge in [0.05, 0.1) is 0 Å². The second-order valence-corrected chi connectivity index (χ2v) is 7.62. The molecule has 1 aromatic heterocycles. The van der Waals surface area contributed by atoms with Crippen molar-refractivity contribution in [2.45, 2.75) is 39.2 Å². The second-order valence-electron chi connectivity index (χ2n) is 7.19. The molecule has 2 aromatic rings. The van der Waals surface area contributed by atoms with Crippen molar-refractivity contribution >= 4 is 29.1 Å². The van der Waals surface area contributed by atoms with E-state index in [0.717, 1.165) is 56.1 Å². The van der Waals surface area contributed by atoms with E-state index in [4.69, 9.17) is 11.6 Å². The van der Waals surface area contributed by atoms with Crippen LogP contribution in [0.2, 0.25) is 5.02 Å². The van der Waals surface area contributed by atoms with Crippen LogP contribution in [0.3, 0.4) is 0 Å². The molecule has 1 aromatic carbocycles. The highest BCUT2D eigenvalue weighted by molar-refractivity contribution is 6.30. The number of nitrogens with one attached hydrogen (secondary N) is 2. The summed E-state index contributed by atoms with van der Waals surface area (Å²) in [4.78, 5) is 23.2. The fourth-order valence-corrected chi connectivity index (χ4v) is 3.66. The van der Waals surface area contributed by atoms with E-state index in [1.54, 1.807) is 6.33 Å². The van der Waals surface area contributed by atoms with Gasteiger partial charge in [-0.25, -0.2) is 9.97 Å². The zero-order valence-corrected chi connectivity index (χ0v) is 17.1. The first-order valence-corrected chi connectivity index (χ1v) is 10.3. The molecule has 7 heteroatoms. The highest BCUT2D eigenvalue weighted by Gasteiger charge is 2.22. The molecule has 0 spiro atoms. The molecule has 0 bridgehead atoms. The molecular formula is C21H28ClN5O. The molecule has 3 rings (SSSR count). The average Bonchev–Trinajstić information content (AvgIpc) is 2.72. The number of aromatic nitrogens is 2. The van der Waals surface area contributed by atoms with Crippen molar-refractivity contribution in [2.24, 2.45) is 5.92 Å². The first-order valence-electron chi connectivity index (χ1n) is 9.96. The van der Waals surface area contributed by atoms with Crippen LogP contribution in [0.15, 0.2) is 36.7 Å². The largest absolute Gasteiger partial charge is 0.370 e. The third kappa shape index (κ3) is 6.09. The minimum absolute atomic E-state index is 0.101. The van der Waals surface area contributed by atoms with Gasteiger partial charge in [0.15, 0.2) is 0 Å². The van der Waals surface area contributed by atoms with Crippen molar-refractivity contribution in [1.29, 1.82) is 0 Å². The lowest BCUT2D eigenvalue weighted by Crippen LogP contribution is -2.36. The topological polar surface area (TPSA) is 70.2 Å². The highest BCUT2D eigenvalue weighted by Crippen LogP contribution is 2.25. The van der Waals surface area contributed by atoms with Gasteiger partial charge in [-0.15, -0.1) is 0 Å². The Hall–Kier alpha value is -2.34. The molecule has 0 saturated carbocycles. The number of amides is 1. The van der Waals surface area contributed by atoms with Gasteiger partial charge in [0.2, 0.25) is 5.91 Å². The van der Waals surface area contributed by atoms with Crippen LogP contribution in [0, 0.1) is 5.92 Å². The Morgan fingerprint density at radius 1 is 1.29 bits per heavy atom. The van der Waals surface area contributed by atoms with Crippen LogP contribution < -0.4 is 15.5 Å². The molecule has 1 saturated heterocycles. The molecule has 1 atom stereocenters. The van der Waals surface area contributed by atoms with Gasteiger partial charge < -0.3 is 15.5 Å². The molecule has 1 amide bonds. The average molecular weight is 402 g/mol. The van der Waals surface area contributed by atoms with Gasteiger partial charge in [-0.1, -0.05) is 23.7 Å². The Bertz CT molecular complexity index is 768. The predicted molar refractivity (Wildman–Crippen MR) is 114 cm³/mol. The Morgan fingerprint density at radius 2 is 2.11 bits per heavy atom. The number of carbonyl (C=O) groups is 1. The molecule has 2 N–H and O–H groups in total. The molecule has 6 nitrogen and oxygen atoms in total. The van der Waals surface area contributed by atoms with Crippen molar-refractivity contribution in [3.8, 4) is 0 Å². The molecule has 0 aliphatic carbocycles. The SMILES string of the molecule is CCNc1cc(N2CCCC(CCC(=O)NCc3ccc(Cl)cc3)C2)ncn1. The number of nitrogens with zero attached hydrogens (tertiary/aromatic N) is 3. The summed E-state index contributed by atoms with van der Waals surface area (Å²) >= 11 is 5.89. The van der Waals surface area contributed by atoms with E-state index in [9.17, 15) is 4.79 Å². The Morgan fingerprint density at radius 3 is 2.89 bits per heavy atom. The van der Waals surface area contributed by atoms with Gasteiger partial charge in [0, 0.05) is 43.7 Å². The summed E-state index contributed by atoms with van der Waals surface area (Å²) in [7, 11) is 0. The molecule has 0 radical (unpaired) electrons. The molecular weight excluding hydrogens is 374 g/mol. The summed E-state index contributed by atoms with van der Waals surface area (Å²) < 4.78 is 0. The molecule has 1 unspecified atom stereocenters. The summed E-state index contributed by atoms with van der Waals surface area (Å²) in [6.45, 7) is 5.37. The van der Waals surface area contributed by atoms with E-state index in [0.29, 0.717) is 23.9 Å². The Balaban J connectivity index is 1.45. The number of rotatable bonds is 8. The van der Waals surface area contributed by atoms with Gasteiger partial charge in [-0.2, -0.15) is 0 Å². The summed E-state index contributed by atoms with van der Waals surface area (Å²) in [5.41, 5.74) is 1.06. The summed E-state index contributed by atoms with van der Waals surface area (Å²) in [6, 6.07) is 9.56. The van der Waals surface area contributed by atoms with Crippen LogP contribution in [-0.2, 0) is 11.3 Å². The monoisotopic (exact) mass is 401 g/mol.